The fourth-order valence-corrected chi connectivity index (χ4v) is 2.47. The van der Waals surface area contributed by atoms with E-state index >= 15 is 0 Å². The SMILES string of the molecule is COc1ccc(C(N)c2c(OC)cnn2C(C)C)cc1C. The number of benzene rings is 1. The van der Waals surface area contributed by atoms with E-state index < -0.39 is 0 Å². The molecule has 1 unspecified atom stereocenters. The van der Waals surface area contributed by atoms with Gasteiger partial charge < -0.3 is 15.2 Å². The molecule has 2 rings (SSSR count). The van der Waals surface area contributed by atoms with Crippen molar-refractivity contribution in [3.8, 4) is 11.5 Å². The highest BCUT2D eigenvalue weighted by Crippen LogP contribution is 2.32. The van der Waals surface area contributed by atoms with Crippen LogP contribution in [-0.4, -0.2) is 24.0 Å². The molecule has 2 N–H and O–H groups in total. The zero-order valence-electron chi connectivity index (χ0n) is 13.3. The highest BCUT2D eigenvalue weighted by molar-refractivity contribution is 5.42. The van der Waals surface area contributed by atoms with Crippen molar-refractivity contribution < 1.29 is 9.47 Å². The van der Waals surface area contributed by atoms with Crippen molar-refractivity contribution in [1.29, 1.82) is 0 Å². The van der Waals surface area contributed by atoms with Crippen LogP contribution in [0.3, 0.4) is 0 Å². The summed E-state index contributed by atoms with van der Waals surface area (Å²) in [6, 6.07) is 5.88. The van der Waals surface area contributed by atoms with Crippen LogP contribution in [0.15, 0.2) is 24.4 Å². The number of methoxy groups -OCH3 is 2. The van der Waals surface area contributed by atoms with E-state index in [9.17, 15) is 0 Å². The number of ether oxygens (including phenoxy) is 2. The third kappa shape index (κ3) is 2.88. The minimum Gasteiger partial charge on any atom is -0.496 e. The van der Waals surface area contributed by atoms with Gasteiger partial charge in [-0.3, -0.25) is 4.68 Å². The maximum absolute atomic E-state index is 6.45. The molecule has 0 amide bonds. The molecule has 114 valence electrons. The molecule has 1 atom stereocenters. The Bertz CT molecular complexity index is 620. The summed E-state index contributed by atoms with van der Waals surface area (Å²) >= 11 is 0. The van der Waals surface area contributed by atoms with Gasteiger partial charge in [-0.15, -0.1) is 0 Å². The second kappa shape index (κ2) is 6.18. The van der Waals surface area contributed by atoms with Crippen LogP contribution in [0.1, 0.15) is 42.8 Å². The zero-order chi connectivity index (χ0) is 15.6. The van der Waals surface area contributed by atoms with Gasteiger partial charge in [0.2, 0.25) is 0 Å². The average molecular weight is 289 g/mol. The first-order valence-corrected chi connectivity index (χ1v) is 7.01. The summed E-state index contributed by atoms with van der Waals surface area (Å²) < 4.78 is 12.6. The van der Waals surface area contributed by atoms with Gasteiger partial charge in [0, 0.05) is 6.04 Å². The molecule has 0 aliphatic heterocycles. The number of hydrogen-bond acceptors (Lipinski definition) is 4. The predicted molar refractivity (Wildman–Crippen MR) is 82.9 cm³/mol. The van der Waals surface area contributed by atoms with E-state index in [1.165, 1.54) is 0 Å². The Morgan fingerprint density at radius 3 is 2.33 bits per heavy atom. The quantitative estimate of drug-likeness (QED) is 0.919. The van der Waals surface area contributed by atoms with Crippen LogP contribution in [0, 0.1) is 6.92 Å². The highest BCUT2D eigenvalue weighted by Gasteiger charge is 2.22. The third-order valence-corrected chi connectivity index (χ3v) is 3.58. The van der Waals surface area contributed by atoms with Crippen LogP contribution in [0.25, 0.3) is 0 Å². The van der Waals surface area contributed by atoms with Gasteiger partial charge >= 0.3 is 0 Å². The van der Waals surface area contributed by atoms with Crippen molar-refractivity contribution in [3.05, 3.63) is 41.2 Å². The lowest BCUT2D eigenvalue weighted by molar-refractivity contribution is 0.400. The van der Waals surface area contributed by atoms with Gasteiger partial charge in [0.25, 0.3) is 0 Å². The molecule has 5 heteroatoms. The molecule has 0 radical (unpaired) electrons. The Hall–Kier alpha value is -2.01. The van der Waals surface area contributed by atoms with Crippen molar-refractivity contribution >= 4 is 0 Å². The molecule has 0 spiro atoms. The molecule has 21 heavy (non-hydrogen) atoms. The number of aromatic nitrogens is 2. The first-order chi connectivity index (χ1) is 9.99. The topological polar surface area (TPSA) is 62.3 Å². The Balaban J connectivity index is 2.46. The molecule has 1 heterocycles. The van der Waals surface area contributed by atoms with Crippen LogP contribution >= 0.6 is 0 Å². The summed E-state index contributed by atoms with van der Waals surface area (Å²) in [5.41, 5.74) is 9.40. The van der Waals surface area contributed by atoms with E-state index in [-0.39, 0.29) is 12.1 Å². The summed E-state index contributed by atoms with van der Waals surface area (Å²) in [5.74, 6) is 1.57. The minimum atomic E-state index is -0.297. The highest BCUT2D eigenvalue weighted by atomic mass is 16.5. The molecule has 0 aliphatic carbocycles. The molecule has 5 nitrogen and oxygen atoms in total. The first kappa shape index (κ1) is 15.4. The van der Waals surface area contributed by atoms with Crippen LogP contribution in [0.4, 0.5) is 0 Å². The smallest absolute Gasteiger partial charge is 0.161 e. The number of hydrogen-bond donors (Lipinski definition) is 1. The molecule has 0 aliphatic rings. The largest absolute Gasteiger partial charge is 0.496 e. The summed E-state index contributed by atoms with van der Waals surface area (Å²) in [7, 11) is 3.30. The lowest BCUT2D eigenvalue weighted by Gasteiger charge is -2.19. The predicted octanol–water partition coefficient (Wildman–Crippen LogP) is 2.84. The van der Waals surface area contributed by atoms with Crippen molar-refractivity contribution in [2.45, 2.75) is 32.9 Å². The van der Waals surface area contributed by atoms with E-state index in [0.29, 0.717) is 5.75 Å². The Morgan fingerprint density at radius 2 is 1.81 bits per heavy atom. The third-order valence-electron chi connectivity index (χ3n) is 3.58. The average Bonchev–Trinajstić information content (AvgIpc) is 2.90. The molecule has 0 saturated carbocycles. The number of nitrogens with zero attached hydrogens (tertiary/aromatic N) is 2. The molecule has 2 aromatic rings. The second-order valence-corrected chi connectivity index (χ2v) is 5.34. The van der Waals surface area contributed by atoms with E-state index in [1.54, 1.807) is 20.4 Å². The maximum Gasteiger partial charge on any atom is 0.161 e. The molecule has 0 bridgehead atoms. The molecular formula is C16H23N3O2. The first-order valence-electron chi connectivity index (χ1n) is 7.01. The Morgan fingerprint density at radius 1 is 1.14 bits per heavy atom. The fourth-order valence-electron chi connectivity index (χ4n) is 2.47. The molecule has 0 fully saturated rings. The van der Waals surface area contributed by atoms with Gasteiger partial charge in [0.15, 0.2) is 5.75 Å². The monoisotopic (exact) mass is 289 g/mol. The van der Waals surface area contributed by atoms with Crippen molar-refractivity contribution in [3.63, 3.8) is 0 Å². The molecular weight excluding hydrogens is 266 g/mol. The van der Waals surface area contributed by atoms with E-state index in [1.807, 2.05) is 29.8 Å². The van der Waals surface area contributed by atoms with Crippen LogP contribution < -0.4 is 15.2 Å². The standard InChI is InChI=1S/C16H23N3O2/c1-10(2)19-16(14(21-5)9-18-19)15(17)12-6-7-13(20-4)11(3)8-12/h6-10,15H,17H2,1-5H3. The minimum absolute atomic E-state index is 0.217. The van der Waals surface area contributed by atoms with Gasteiger partial charge in [0.05, 0.1) is 26.5 Å². The maximum atomic E-state index is 6.45. The Kier molecular flexibility index (Phi) is 4.53. The van der Waals surface area contributed by atoms with Gasteiger partial charge in [-0.2, -0.15) is 5.10 Å². The van der Waals surface area contributed by atoms with E-state index in [0.717, 1.165) is 22.6 Å². The number of aryl methyl sites for hydroxylation is 1. The number of nitrogens with two attached hydrogens (primary N) is 1. The van der Waals surface area contributed by atoms with Crippen LogP contribution in [0.5, 0.6) is 11.5 Å². The second-order valence-electron chi connectivity index (χ2n) is 5.34. The van der Waals surface area contributed by atoms with Crippen LogP contribution in [-0.2, 0) is 0 Å². The van der Waals surface area contributed by atoms with Crippen molar-refractivity contribution in [1.82, 2.24) is 9.78 Å². The summed E-state index contributed by atoms with van der Waals surface area (Å²) in [6.45, 7) is 6.15. The van der Waals surface area contributed by atoms with Crippen molar-refractivity contribution in [2.24, 2.45) is 5.73 Å². The normalized spacial score (nSPS) is 12.5. The summed E-state index contributed by atoms with van der Waals surface area (Å²) in [5, 5.41) is 4.38. The lowest BCUT2D eigenvalue weighted by Crippen LogP contribution is -2.19. The Labute approximate surface area is 125 Å². The van der Waals surface area contributed by atoms with Gasteiger partial charge in [-0.05, 0) is 38.0 Å². The molecule has 0 saturated heterocycles. The molecule has 1 aromatic heterocycles. The number of rotatable bonds is 5. The van der Waals surface area contributed by atoms with E-state index in [2.05, 4.69) is 18.9 Å². The van der Waals surface area contributed by atoms with E-state index in [4.69, 9.17) is 15.2 Å². The van der Waals surface area contributed by atoms with Crippen molar-refractivity contribution in [2.75, 3.05) is 14.2 Å². The summed E-state index contributed by atoms with van der Waals surface area (Å²) in [6.07, 6.45) is 1.71. The van der Waals surface area contributed by atoms with Crippen LogP contribution in [0.2, 0.25) is 0 Å². The van der Waals surface area contributed by atoms with Gasteiger partial charge in [0.1, 0.15) is 11.4 Å². The van der Waals surface area contributed by atoms with Gasteiger partial charge in [-0.1, -0.05) is 12.1 Å². The zero-order valence-corrected chi connectivity index (χ0v) is 13.3. The molecule has 1 aromatic carbocycles. The fraction of sp³-hybridized carbons (Fsp3) is 0.438. The van der Waals surface area contributed by atoms with Gasteiger partial charge in [-0.25, -0.2) is 0 Å². The summed E-state index contributed by atoms with van der Waals surface area (Å²) in [4.78, 5) is 0. The lowest BCUT2D eigenvalue weighted by atomic mass is 10.0.